The highest BCUT2D eigenvalue weighted by atomic mass is 16.2. The van der Waals surface area contributed by atoms with E-state index in [9.17, 15) is 9.59 Å². The molecule has 0 aromatic carbocycles. The molecule has 14 heavy (non-hydrogen) atoms. The highest BCUT2D eigenvalue weighted by Crippen LogP contribution is 2.56. The van der Waals surface area contributed by atoms with Gasteiger partial charge in [-0.2, -0.15) is 0 Å². The molecule has 0 saturated heterocycles. The van der Waals surface area contributed by atoms with Gasteiger partial charge >= 0.3 is 0 Å². The van der Waals surface area contributed by atoms with E-state index in [1.165, 1.54) is 0 Å². The molecular weight excluding hydrogens is 176 g/mol. The van der Waals surface area contributed by atoms with Crippen LogP contribution in [0.4, 0.5) is 0 Å². The average Bonchev–Trinajstić information content (AvgIpc) is 2.76. The molecular formula is C12H14O2. The van der Waals surface area contributed by atoms with Gasteiger partial charge in [0.1, 0.15) is 11.6 Å². The summed E-state index contributed by atoms with van der Waals surface area (Å²) in [6.45, 7) is 3.57. The minimum Gasteiger partial charge on any atom is -0.298 e. The van der Waals surface area contributed by atoms with Crippen LogP contribution >= 0.6 is 0 Å². The number of Topliss-reactive ketones (excluding diaryl/α,β-unsaturated/α-hetero) is 2. The molecule has 2 nitrogen and oxygen atoms in total. The first-order chi connectivity index (χ1) is 6.53. The van der Waals surface area contributed by atoms with E-state index in [1.54, 1.807) is 13.8 Å². The predicted molar refractivity (Wildman–Crippen MR) is 51.5 cm³/mol. The number of carbonyl (C=O) groups excluding carboxylic acids is 2. The van der Waals surface area contributed by atoms with Gasteiger partial charge in [-0.1, -0.05) is 12.2 Å². The molecule has 2 fully saturated rings. The second-order valence-corrected chi connectivity index (χ2v) is 5.35. The fraction of sp³-hybridized carbons (Fsp3) is 0.667. The van der Waals surface area contributed by atoms with Gasteiger partial charge in [-0.15, -0.1) is 0 Å². The van der Waals surface area contributed by atoms with Crippen LogP contribution < -0.4 is 0 Å². The molecule has 0 unspecified atom stereocenters. The molecule has 0 spiro atoms. The smallest absolute Gasteiger partial charge is 0.150 e. The van der Waals surface area contributed by atoms with Crippen LogP contribution in [0.3, 0.4) is 0 Å². The topological polar surface area (TPSA) is 34.1 Å². The van der Waals surface area contributed by atoms with E-state index in [2.05, 4.69) is 12.2 Å². The van der Waals surface area contributed by atoms with Crippen LogP contribution in [-0.4, -0.2) is 11.6 Å². The lowest BCUT2D eigenvalue weighted by molar-refractivity contribution is -0.134. The number of carbonyl (C=O) groups is 2. The molecule has 0 heterocycles. The molecule has 0 aromatic heterocycles. The van der Waals surface area contributed by atoms with Crippen LogP contribution in [-0.2, 0) is 9.59 Å². The average molecular weight is 190 g/mol. The van der Waals surface area contributed by atoms with Crippen molar-refractivity contribution in [1.29, 1.82) is 0 Å². The van der Waals surface area contributed by atoms with Crippen molar-refractivity contribution in [2.24, 2.45) is 29.1 Å². The van der Waals surface area contributed by atoms with Gasteiger partial charge in [0.25, 0.3) is 0 Å². The van der Waals surface area contributed by atoms with Crippen LogP contribution in [0.25, 0.3) is 0 Å². The first-order valence-corrected chi connectivity index (χ1v) is 5.30. The maximum atomic E-state index is 12.1. The molecule has 0 radical (unpaired) electrons. The van der Waals surface area contributed by atoms with Crippen LogP contribution in [0.15, 0.2) is 12.2 Å². The Morgan fingerprint density at radius 3 is 1.93 bits per heavy atom. The van der Waals surface area contributed by atoms with E-state index >= 15 is 0 Å². The zero-order chi connectivity index (χ0) is 10.1. The SMILES string of the molecule is CC1(C)C(=O)[C@@H]2[C@@H](C1=O)[C@H]1C=C[C@H]2C1. The normalized spacial score (nSPS) is 47.6. The van der Waals surface area contributed by atoms with Crippen molar-refractivity contribution in [3.05, 3.63) is 12.2 Å². The van der Waals surface area contributed by atoms with E-state index in [4.69, 9.17) is 0 Å². The van der Waals surface area contributed by atoms with Gasteiger partial charge in [0.15, 0.2) is 0 Å². The number of ketones is 2. The van der Waals surface area contributed by atoms with Gasteiger partial charge in [-0.25, -0.2) is 0 Å². The third kappa shape index (κ3) is 0.701. The molecule has 4 atom stereocenters. The second kappa shape index (κ2) is 2.18. The first-order valence-electron chi connectivity index (χ1n) is 5.30. The summed E-state index contributed by atoms with van der Waals surface area (Å²) in [5.74, 6) is 1.14. The molecule has 3 rings (SSSR count). The summed E-state index contributed by atoms with van der Waals surface area (Å²) in [6.07, 6.45) is 5.31. The van der Waals surface area contributed by atoms with E-state index in [1.807, 2.05) is 0 Å². The summed E-state index contributed by atoms with van der Waals surface area (Å²) in [5, 5.41) is 0. The Morgan fingerprint density at radius 1 is 1.07 bits per heavy atom. The van der Waals surface area contributed by atoms with Crippen LogP contribution in [0, 0.1) is 29.1 Å². The fourth-order valence-corrected chi connectivity index (χ4v) is 3.49. The Balaban J connectivity index is 2.11. The van der Waals surface area contributed by atoms with Crippen molar-refractivity contribution in [2.75, 3.05) is 0 Å². The number of rotatable bonds is 0. The molecule has 2 bridgehead atoms. The third-order valence-corrected chi connectivity index (χ3v) is 4.30. The maximum Gasteiger partial charge on any atom is 0.150 e. The first kappa shape index (κ1) is 8.39. The Labute approximate surface area is 83.4 Å². The number of fused-ring (bicyclic) bond motifs is 5. The van der Waals surface area contributed by atoms with E-state index < -0.39 is 5.41 Å². The van der Waals surface area contributed by atoms with Gasteiger partial charge in [0.2, 0.25) is 0 Å². The van der Waals surface area contributed by atoms with Crippen molar-refractivity contribution >= 4 is 11.6 Å². The lowest BCUT2D eigenvalue weighted by atomic mass is 9.84. The number of allylic oxidation sites excluding steroid dienone is 2. The third-order valence-electron chi connectivity index (χ3n) is 4.30. The second-order valence-electron chi connectivity index (χ2n) is 5.35. The molecule has 3 aliphatic rings. The summed E-state index contributed by atoms with van der Waals surface area (Å²) >= 11 is 0. The summed E-state index contributed by atoms with van der Waals surface area (Å²) < 4.78 is 0. The summed E-state index contributed by atoms with van der Waals surface area (Å²) in [5.41, 5.74) is -0.710. The summed E-state index contributed by atoms with van der Waals surface area (Å²) in [6, 6.07) is 0. The predicted octanol–water partition coefficient (Wildman–Crippen LogP) is 1.60. The van der Waals surface area contributed by atoms with E-state index in [-0.39, 0.29) is 23.4 Å². The van der Waals surface area contributed by atoms with Gasteiger partial charge in [-0.3, -0.25) is 9.59 Å². The monoisotopic (exact) mass is 190 g/mol. The van der Waals surface area contributed by atoms with Crippen molar-refractivity contribution in [3.8, 4) is 0 Å². The van der Waals surface area contributed by atoms with Crippen LogP contribution in [0.1, 0.15) is 20.3 Å². The lowest BCUT2D eigenvalue weighted by Crippen LogP contribution is -2.29. The van der Waals surface area contributed by atoms with Gasteiger partial charge in [0.05, 0.1) is 5.41 Å². The molecule has 0 N–H and O–H groups in total. The molecule has 3 aliphatic carbocycles. The number of hydrogen-bond acceptors (Lipinski definition) is 2. The fourth-order valence-electron chi connectivity index (χ4n) is 3.49. The van der Waals surface area contributed by atoms with Gasteiger partial charge in [-0.05, 0) is 32.1 Å². The Morgan fingerprint density at radius 2 is 1.50 bits per heavy atom. The standard InChI is InChI=1S/C12H14O2/c1-12(2)10(13)8-6-3-4-7(5-6)9(8)11(12)14/h3-4,6-9H,5H2,1-2H3/t6-,7-,8-,9-/m0/s1. The van der Waals surface area contributed by atoms with Crippen molar-refractivity contribution in [2.45, 2.75) is 20.3 Å². The van der Waals surface area contributed by atoms with Crippen molar-refractivity contribution in [3.63, 3.8) is 0 Å². The van der Waals surface area contributed by atoms with E-state index in [0.717, 1.165) is 6.42 Å². The quantitative estimate of drug-likeness (QED) is 0.429. The zero-order valence-electron chi connectivity index (χ0n) is 8.49. The molecule has 0 aromatic rings. The van der Waals surface area contributed by atoms with Crippen molar-refractivity contribution < 1.29 is 9.59 Å². The van der Waals surface area contributed by atoms with E-state index in [0.29, 0.717) is 11.8 Å². The minimum absolute atomic E-state index is 0.0208. The molecule has 2 heteroatoms. The van der Waals surface area contributed by atoms with Crippen LogP contribution in [0.2, 0.25) is 0 Å². The summed E-state index contributed by atoms with van der Waals surface area (Å²) in [4.78, 5) is 24.1. The Kier molecular flexibility index (Phi) is 1.31. The van der Waals surface area contributed by atoms with Gasteiger partial charge in [0, 0.05) is 11.8 Å². The molecule has 74 valence electrons. The van der Waals surface area contributed by atoms with Crippen molar-refractivity contribution in [1.82, 2.24) is 0 Å². The Bertz CT molecular complexity index is 333. The minimum atomic E-state index is -0.710. The highest BCUT2D eigenvalue weighted by molar-refractivity contribution is 6.15. The molecule has 0 aliphatic heterocycles. The van der Waals surface area contributed by atoms with Crippen LogP contribution in [0.5, 0.6) is 0 Å². The molecule has 0 amide bonds. The van der Waals surface area contributed by atoms with Gasteiger partial charge < -0.3 is 0 Å². The zero-order valence-corrected chi connectivity index (χ0v) is 8.49. The largest absolute Gasteiger partial charge is 0.298 e. The Hall–Kier alpha value is -0.920. The highest BCUT2D eigenvalue weighted by Gasteiger charge is 2.62. The lowest BCUT2D eigenvalue weighted by Gasteiger charge is -2.16. The summed E-state index contributed by atoms with van der Waals surface area (Å²) in [7, 11) is 0. The molecule has 2 saturated carbocycles. The number of hydrogen-bond donors (Lipinski definition) is 0. The maximum absolute atomic E-state index is 12.1.